The van der Waals surface area contributed by atoms with Gasteiger partial charge in [0.2, 0.25) is 0 Å². The van der Waals surface area contributed by atoms with Gasteiger partial charge in [0.05, 0.1) is 6.61 Å². The van der Waals surface area contributed by atoms with Gasteiger partial charge in [-0.25, -0.2) is 0 Å². The first-order chi connectivity index (χ1) is 9.38. The molecule has 0 radical (unpaired) electrons. The molecule has 0 heterocycles. The van der Waals surface area contributed by atoms with Gasteiger partial charge in [-0.3, -0.25) is 9.59 Å². The Labute approximate surface area is 117 Å². The number of phenolic OH excluding ortho intramolecular Hbond substituents is 2. The number of rotatable bonds is 5. The van der Waals surface area contributed by atoms with Crippen molar-refractivity contribution in [2.45, 2.75) is 26.8 Å². The lowest BCUT2D eigenvalue weighted by Crippen LogP contribution is -2.41. The Bertz CT molecular complexity index is 478. The quantitative estimate of drug-likeness (QED) is 0.799. The van der Waals surface area contributed by atoms with E-state index in [0.717, 1.165) is 0 Å². The van der Waals surface area contributed by atoms with Crippen LogP contribution in [0.4, 0.5) is 0 Å². The van der Waals surface area contributed by atoms with E-state index >= 15 is 0 Å². The number of carbonyl (C=O) groups excluding carboxylic acids is 2. The molecule has 0 saturated heterocycles. The van der Waals surface area contributed by atoms with Crippen LogP contribution in [0.3, 0.4) is 0 Å². The minimum absolute atomic E-state index is 0.217. The van der Waals surface area contributed by atoms with Gasteiger partial charge in [0.15, 0.2) is 0 Å². The van der Waals surface area contributed by atoms with E-state index in [9.17, 15) is 19.8 Å². The van der Waals surface area contributed by atoms with Crippen LogP contribution in [0, 0.1) is 0 Å². The average molecular weight is 281 g/mol. The molecule has 1 amide bonds. The molecule has 0 aliphatic rings. The van der Waals surface area contributed by atoms with Crippen LogP contribution in [-0.4, -0.2) is 46.2 Å². The summed E-state index contributed by atoms with van der Waals surface area (Å²) in [6.07, 6.45) is 0. The second-order valence-electron chi connectivity index (χ2n) is 4.50. The van der Waals surface area contributed by atoms with Crippen molar-refractivity contribution < 1.29 is 24.5 Å². The fraction of sp³-hybridized carbons (Fsp3) is 0.429. The number of ether oxygens (including phenoxy) is 1. The summed E-state index contributed by atoms with van der Waals surface area (Å²) >= 11 is 0. The third-order valence-corrected chi connectivity index (χ3v) is 2.72. The summed E-state index contributed by atoms with van der Waals surface area (Å²) in [4.78, 5) is 25.1. The number of aromatic hydroxyl groups is 2. The van der Waals surface area contributed by atoms with E-state index in [4.69, 9.17) is 4.74 Å². The number of amides is 1. The fourth-order valence-corrected chi connectivity index (χ4v) is 1.73. The molecule has 1 aromatic carbocycles. The van der Waals surface area contributed by atoms with Crippen LogP contribution in [-0.2, 0) is 9.53 Å². The van der Waals surface area contributed by atoms with Gasteiger partial charge < -0.3 is 19.8 Å². The van der Waals surface area contributed by atoms with E-state index in [1.165, 1.54) is 23.1 Å². The molecule has 0 bridgehead atoms. The Hall–Kier alpha value is -2.24. The highest BCUT2D eigenvalue weighted by molar-refractivity contribution is 6.00. The third kappa shape index (κ3) is 3.63. The Morgan fingerprint density at radius 3 is 2.25 bits per heavy atom. The first-order valence-corrected chi connectivity index (χ1v) is 6.36. The van der Waals surface area contributed by atoms with Gasteiger partial charge in [0.1, 0.15) is 23.6 Å². The molecule has 0 spiro atoms. The summed E-state index contributed by atoms with van der Waals surface area (Å²) in [5.41, 5.74) is -0.217. The van der Waals surface area contributed by atoms with Crippen LogP contribution in [0.5, 0.6) is 11.5 Å². The summed E-state index contributed by atoms with van der Waals surface area (Å²) < 4.78 is 4.81. The zero-order valence-corrected chi connectivity index (χ0v) is 11.8. The zero-order chi connectivity index (χ0) is 15.3. The third-order valence-electron chi connectivity index (χ3n) is 2.72. The molecule has 20 heavy (non-hydrogen) atoms. The Morgan fingerprint density at radius 2 is 1.80 bits per heavy atom. The van der Waals surface area contributed by atoms with Crippen molar-refractivity contribution in [2.75, 3.05) is 13.2 Å². The molecule has 0 saturated carbocycles. The van der Waals surface area contributed by atoms with Crippen LogP contribution >= 0.6 is 0 Å². The lowest BCUT2D eigenvalue weighted by molar-refractivity contribution is -0.144. The van der Waals surface area contributed by atoms with Crippen molar-refractivity contribution in [1.29, 1.82) is 0 Å². The summed E-state index contributed by atoms with van der Waals surface area (Å²) in [5.74, 6) is -1.82. The lowest BCUT2D eigenvalue weighted by Gasteiger charge is -2.26. The van der Waals surface area contributed by atoms with Crippen LogP contribution < -0.4 is 0 Å². The minimum Gasteiger partial charge on any atom is -0.507 e. The molecule has 0 unspecified atom stereocenters. The van der Waals surface area contributed by atoms with E-state index in [2.05, 4.69) is 0 Å². The number of benzene rings is 1. The topological polar surface area (TPSA) is 87.1 Å². The smallest absolute Gasteiger partial charge is 0.325 e. The van der Waals surface area contributed by atoms with Gasteiger partial charge in [-0.15, -0.1) is 0 Å². The molecule has 0 aromatic heterocycles. The first-order valence-electron chi connectivity index (χ1n) is 6.36. The molecule has 0 atom stereocenters. The Kier molecular flexibility index (Phi) is 5.37. The summed E-state index contributed by atoms with van der Waals surface area (Å²) in [7, 11) is 0. The maximum Gasteiger partial charge on any atom is 0.325 e. The Balaban J connectivity index is 3.03. The standard InChI is InChI=1S/C14H19NO5/c1-4-20-12(18)8-15(9(2)3)14(19)13-10(16)6-5-7-11(13)17/h5-7,9,16-17H,4,8H2,1-3H3. The van der Waals surface area contributed by atoms with E-state index in [0.29, 0.717) is 0 Å². The maximum absolute atomic E-state index is 12.4. The van der Waals surface area contributed by atoms with Gasteiger partial charge in [-0.2, -0.15) is 0 Å². The predicted octanol–water partition coefficient (Wildman–Crippen LogP) is 1.51. The van der Waals surface area contributed by atoms with Gasteiger partial charge in [0.25, 0.3) is 5.91 Å². The van der Waals surface area contributed by atoms with E-state index < -0.39 is 11.9 Å². The first kappa shape index (κ1) is 15.8. The van der Waals surface area contributed by atoms with Crippen LogP contribution in [0.2, 0.25) is 0 Å². The highest BCUT2D eigenvalue weighted by atomic mass is 16.5. The number of carbonyl (C=O) groups is 2. The second kappa shape index (κ2) is 6.79. The highest BCUT2D eigenvalue weighted by Gasteiger charge is 2.26. The average Bonchev–Trinajstić information content (AvgIpc) is 2.35. The van der Waals surface area contributed by atoms with Crippen molar-refractivity contribution in [1.82, 2.24) is 4.90 Å². The number of hydrogen-bond acceptors (Lipinski definition) is 5. The maximum atomic E-state index is 12.4. The molecule has 2 N–H and O–H groups in total. The molecule has 0 aliphatic heterocycles. The Morgan fingerprint density at radius 1 is 1.25 bits per heavy atom. The fourth-order valence-electron chi connectivity index (χ4n) is 1.73. The molecule has 0 aliphatic carbocycles. The molecule has 1 rings (SSSR count). The normalized spacial score (nSPS) is 10.4. The number of esters is 1. The number of phenols is 2. The largest absolute Gasteiger partial charge is 0.507 e. The summed E-state index contributed by atoms with van der Waals surface area (Å²) in [6, 6.07) is 3.74. The van der Waals surface area contributed by atoms with E-state index in [-0.39, 0.29) is 36.3 Å². The molecular formula is C14H19NO5. The van der Waals surface area contributed by atoms with Crippen LogP contribution in [0.25, 0.3) is 0 Å². The molecule has 0 fully saturated rings. The number of hydrogen-bond donors (Lipinski definition) is 2. The van der Waals surface area contributed by atoms with Gasteiger partial charge in [0, 0.05) is 6.04 Å². The van der Waals surface area contributed by atoms with Crippen LogP contribution in [0.15, 0.2) is 18.2 Å². The van der Waals surface area contributed by atoms with Gasteiger partial charge in [-0.05, 0) is 32.9 Å². The molecule has 6 nitrogen and oxygen atoms in total. The zero-order valence-electron chi connectivity index (χ0n) is 11.8. The molecule has 1 aromatic rings. The monoisotopic (exact) mass is 281 g/mol. The highest BCUT2D eigenvalue weighted by Crippen LogP contribution is 2.28. The van der Waals surface area contributed by atoms with Crippen molar-refractivity contribution in [3.05, 3.63) is 23.8 Å². The summed E-state index contributed by atoms with van der Waals surface area (Å²) in [5, 5.41) is 19.4. The molecule has 110 valence electrons. The molecule has 6 heteroatoms. The molecular weight excluding hydrogens is 262 g/mol. The summed E-state index contributed by atoms with van der Waals surface area (Å²) in [6.45, 7) is 5.12. The van der Waals surface area contributed by atoms with E-state index in [1.54, 1.807) is 20.8 Å². The van der Waals surface area contributed by atoms with Crippen molar-refractivity contribution >= 4 is 11.9 Å². The second-order valence-corrected chi connectivity index (χ2v) is 4.50. The van der Waals surface area contributed by atoms with Crippen molar-refractivity contribution in [3.63, 3.8) is 0 Å². The van der Waals surface area contributed by atoms with Gasteiger partial charge in [-0.1, -0.05) is 6.07 Å². The van der Waals surface area contributed by atoms with Crippen molar-refractivity contribution in [2.24, 2.45) is 0 Å². The minimum atomic E-state index is -0.622. The number of nitrogens with zero attached hydrogens (tertiary/aromatic N) is 1. The predicted molar refractivity (Wildman–Crippen MR) is 72.6 cm³/mol. The van der Waals surface area contributed by atoms with E-state index in [1.807, 2.05) is 0 Å². The van der Waals surface area contributed by atoms with Crippen LogP contribution in [0.1, 0.15) is 31.1 Å². The SMILES string of the molecule is CCOC(=O)CN(C(=O)c1c(O)cccc1O)C(C)C. The van der Waals surface area contributed by atoms with Gasteiger partial charge >= 0.3 is 5.97 Å². The lowest BCUT2D eigenvalue weighted by atomic mass is 10.1. The van der Waals surface area contributed by atoms with Crippen molar-refractivity contribution in [3.8, 4) is 11.5 Å².